The molecule has 27 heavy (non-hydrogen) atoms. The largest absolute Gasteiger partial charge is 0.336 e. The number of nitrogens with zero attached hydrogens (tertiary/aromatic N) is 3. The molecule has 0 saturated heterocycles. The standard InChI is InChI=1S/C20H18ClN5O/c1-20-15(3-2-4-17(20)21)16-10-23-12-26(16)18(20)11-24-19(27)25-14-7-5-13(9-22)6-8-14/h2-8,10,12,15,18H,11H2,1H3,(H2,24,25,27). The van der Waals surface area contributed by atoms with E-state index < -0.39 is 0 Å². The second-order valence-corrected chi connectivity index (χ2v) is 7.33. The summed E-state index contributed by atoms with van der Waals surface area (Å²) in [6.45, 7) is 2.54. The summed E-state index contributed by atoms with van der Waals surface area (Å²) in [7, 11) is 0. The molecule has 0 spiro atoms. The van der Waals surface area contributed by atoms with Gasteiger partial charge in [-0.25, -0.2) is 9.78 Å². The van der Waals surface area contributed by atoms with Gasteiger partial charge in [0.1, 0.15) is 0 Å². The molecular formula is C20H18ClN5O. The first-order chi connectivity index (χ1) is 13.0. The summed E-state index contributed by atoms with van der Waals surface area (Å²) in [4.78, 5) is 16.6. The summed E-state index contributed by atoms with van der Waals surface area (Å²) < 4.78 is 2.10. The van der Waals surface area contributed by atoms with Crippen LogP contribution in [-0.2, 0) is 0 Å². The molecule has 0 fully saturated rings. The fraction of sp³-hybridized carbons (Fsp3) is 0.250. The van der Waals surface area contributed by atoms with E-state index in [-0.39, 0.29) is 23.4 Å². The van der Waals surface area contributed by atoms with Crippen LogP contribution in [0.2, 0.25) is 0 Å². The fourth-order valence-corrected chi connectivity index (χ4v) is 4.28. The quantitative estimate of drug-likeness (QED) is 0.848. The van der Waals surface area contributed by atoms with Crippen molar-refractivity contribution in [1.29, 1.82) is 5.26 Å². The fourth-order valence-electron chi connectivity index (χ4n) is 3.96. The van der Waals surface area contributed by atoms with E-state index in [0.29, 0.717) is 17.8 Å². The molecule has 2 N–H and O–H groups in total. The number of rotatable bonds is 3. The molecule has 3 atom stereocenters. The molecule has 2 amide bonds. The van der Waals surface area contributed by atoms with Gasteiger partial charge in [-0.2, -0.15) is 5.26 Å². The van der Waals surface area contributed by atoms with Crippen molar-refractivity contribution in [2.45, 2.75) is 18.9 Å². The maximum absolute atomic E-state index is 12.3. The van der Waals surface area contributed by atoms with Crippen LogP contribution >= 0.6 is 11.6 Å². The molecule has 4 rings (SSSR count). The summed E-state index contributed by atoms with van der Waals surface area (Å²) >= 11 is 6.60. The van der Waals surface area contributed by atoms with Crippen molar-refractivity contribution in [2.24, 2.45) is 5.41 Å². The number of nitrogens with one attached hydrogen (secondary N) is 2. The third-order valence-corrected chi connectivity index (χ3v) is 6.01. The minimum Gasteiger partial charge on any atom is -0.336 e. The number of hydrogen-bond donors (Lipinski definition) is 2. The van der Waals surface area contributed by atoms with Gasteiger partial charge in [0.2, 0.25) is 0 Å². The molecule has 0 bridgehead atoms. The van der Waals surface area contributed by atoms with Gasteiger partial charge in [-0.3, -0.25) is 0 Å². The third kappa shape index (κ3) is 2.81. The number of carbonyl (C=O) groups excluding carboxylic acids is 1. The van der Waals surface area contributed by atoms with E-state index >= 15 is 0 Å². The minimum atomic E-state index is -0.323. The second-order valence-electron chi connectivity index (χ2n) is 6.93. The molecule has 136 valence electrons. The zero-order valence-corrected chi connectivity index (χ0v) is 15.4. The number of carbonyl (C=O) groups is 1. The highest BCUT2D eigenvalue weighted by atomic mass is 35.5. The van der Waals surface area contributed by atoms with Gasteiger partial charge in [0.15, 0.2) is 0 Å². The molecule has 2 aromatic rings. The molecule has 1 aliphatic carbocycles. The lowest BCUT2D eigenvalue weighted by Crippen LogP contribution is -2.39. The second kappa shape index (κ2) is 6.60. The van der Waals surface area contributed by atoms with Crippen molar-refractivity contribution in [3.8, 4) is 6.07 Å². The van der Waals surface area contributed by atoms with Gasteiger partial charge in [-0.15, -0.1) is 0 Å². The minimum absolute atomic E-state index is 0.0413. The van der Waals surface area contributed by atoms with Crippen LogP contribution in [0.4, 0.5) is 10.5 Å². The number of anilines is 1. The average molecular weight is 380 g/mol. The van der Waals surface area contributed by atoms with Crippen LogP contribution in [0.5, 0.6) is 0 Å². The number of halogens is 1. The molecule has 2 heterocycles. The Morgan fingerprint density at radius 2 is 2.19 bits per heavy atom. The van der Waals surface area contributed by atoms with Crippen LogP contribution in [0.25, 0.3) is 0 Å². The van der Waals surface area contributed by atoms with Crippen LogP contribution in [0.1, 0.15) is 30.1 Å². The highest BCUT2D eigenvalue weighted by Gasteiger charge is 2.52. The van der Waals surface area contributed by atoms with Gasteiger partial charge in [-0.1, -0.05) is 30.7 Å². The molecule has 1 aliphatic heterocycles. The maximum atomic E-state index is 12.3. The first kappa shape index (κ1) is 17.4. The van der Waals surface area contributed by atoms with Gasteiger partial charge in [-0.05, 0) is 30.3 Å². The van der Waals surface area contributed by atoms with E-state index in [0.717, 1.165) is 10.7 Å². The highest BCUT2D eigenvalue weighted by Crippen LogP contribution is 2.58. The Labute approximate surface area is 162 Å². The van der Waals surface area contributed by atoms with Gasteiger partial charge in [0, 0.05) is 40.5 Å². The van der Waals surface area contributed by atoms with Gasteiger partial charge in [0.25, 0.3) is 0 Å². The SMILES string of the molecule is CC12C(Cl)=CC=CC1c1cncn1C2CNC(=O)Nc1ccc(C#N)cc1. The summed E-state index contributed by atoms with van der Waals surface area (Å²) in [6, 6.07) is 8.43. The van der Waals surface area contributed by atoms with E-state index in [1.807, 2.05) is 18.3 Å². The molecular weight excluding hydrogens is 362 g/mol. The first-order valence-electron chi connectivity index (χ1n) is 8.65. The third-order valence-electron chi connectivity index (χ3n) is 5.48. The van der Waals surface area contributed by atoms with Gasteiger partial charge < -0.3 is 15.2 Å². The van der Waals surface area contributed by atoms with Crippen LogP contribution in [0.15, 0.2) is 60.0 Å². The van der Waals surface area contributed by atoms with Crippen molar-refractivity contribution < 1.29 is 4.79 Å². The lowest BCUT2D eigenvalue weighted by atomic mass is 9.70. The number of hydrogen-bond acceptors (Lipinski definition) is 3. The maximum Gasteiger partial charge on any atom is 0.319 e. The number of amides is 2. The Hall–Kier alpha value is -3.04. The molecule has 0 saturated carbocycles. The van der Waals surface area contributed by atoms with Crippen molar-refractivity contribution in [3.05, 3.63) is 71.3 Å². The molecule has 3 unspecified atom stereocenters. The number of allylic oxidation sites excluding steroid dienone is 4. The topological polar surface area (TPSA) is 82.7 Å². The normalized spacial score (nSPS) is 25.1. The molecule has 2 aliphatic rings. The van der Waals surface area contributed by atoms with Crippen molar-refractivity contribution >= 4 is 23.3 Å². The van der Waals surface area contributed by atoms with E-state index in [1.165, 1.54) is 0 Å². The zero-order chi connectivity index (χ0) is 19.0. The zero-order valence-electron chi connectivity index (χ0n) is 14.7. The first-order valence-corrected chi connectivity index (χ1v) is 9.03. The number of imidazole rings is 1. The molecule has 1 aromatic carbocycles. The average Bonchev–Trinajstić information content (AvgIpc) is 3.21. The molecule has 1 aromatic heterocycles. The van der Waals surface area contributed by atoms with Crippen LogP contribution in [0.3, 0.4) is 0 Å². The molecule has 7 heteroatoms. The number of nitriles is 1. The Balaban J connectivity index is 1.48. The lowest BCUT2D eigenvalue weighted by Gasteiger charge is -2.37. The predicted octanol–water partition coefficient (Wildman–Crippen LogP) is 3.91. The Morgan fingerprint density at radius 1 is 1.41 bits per heavy atom. The van der Waals surface area contributed by atoms with Crippen molar-refractivity contribution in [2.75, 3.05) is 11.9 Å². The molecule has 6 nitrogen and oxygen atoms in total. The van der Waals surface area contributed by atoms with E-state index in [4.69, 9.17) is 16.9 Å². The number of aromatic nitrogens is 2. The smallest absolute Gasteiger partial charge is 0.319 e. The summed E-state index contributed by atoms with van der Waals surface area (Å²) in [6.07, 6.45) is 9.68. The van der Waals surface area contributed by atoms with E-state index in [1.54, 1.807) is 30.6 Å². The van der Waals surface area contributed by atoms with E-state index in [2.05, 4.69) is 39.3 Å². The van der Waals surface area contributed by atoms with Gasteiger partial charge in [0.05, 0.1) is 24.0 Å². The summed E-state index contributed by atoms with van der Waals surface area (Å²) in [5, 5.41) is 15.3. The van der Waals surface area contributed by atoms with Crippen molar-refractivity contribution in [1.82, 2.24) is 14.9 Å². The monoisotopic (exact) mass is 379 g/mol. The lowest BCUT2D eigenvalue weighted by molar-refractivity contribution is 0.238. The number of benzene rings is 1. The Morgan fingerprint density at radius 3 is 2.93 bits per heavy atom. The number of urea groups is 1. The van der Waals surface area contributed by atoms with Crippen LogP contribution < -0.4 is 10.6 Å². The Bertz CT molecular complexity index is 985. The van der Waals surface area contributed by atoms with Crippen molar-refractivity contribution in [3.63, 3.8) is 0 Å². The summed E-state index contributed by atoms with van der Waals surface area (Å²) in [5.74, 6) is 0.130. The number of fused-ring (bicyclic) bond motifs is 3. The summed E-state index contributed by atoms with van der Waals surface area (Å²) in [5.41, 5.74) is 1.95. The Kier molecular flexibility index (Phi) is 4.25. The highest BCUT2D eigenvalue weighted by molar-refractivity contribution is 6.30. The van der Waals surface area contributed by atoms with Gasteiger partial charge >= 0.3 is 6.03 Å². The predicted molar refractivity (Wildman–Crippen MR) is 103 cm³/mol. The van der Waals surface area contributed by atoms with E-state index in [9.17, 15) is 4.79 Å². The van der Waals surface area contributed by atoms with Crippen LogP contribution in [0, 0.1) is 16.7 Å². The van der Waals surface area contributed by atoms with Crippen LogP contribution in [-0.4, -0.2) is 22.1 Å². The molecule has 0 radical (unpaired) electrons.